The molecular formula is C17H22N4O. The zero-order chi connectivity index (χ0) is 15.9. The molecular weight excluding hydrogens is 276 g/mol. The van der Waals surface area contributed by atoms with Crippen molar-refractivity contribution in [1.29, 1.82) is 0 Å². The Hall–Kier alpha value is -2.17. The SMILES string of the molecule is CN1CCCn2c1nc(-c1ccc(C(C)(C)C)nc1)cc2=O. The highest BCUT2D eigenvalue weighted by Gasteiger charge is 2.19. The molecule has 0 amide bonds. The fraction of sp³-hybridized carbons (Fsp3) is 0.471. The Kier molecular flexibility index (Phi) is 3.51. The highest BCUT2D eigenvalue weighted by atomic mass is 16.1. The van der Waals surface area contributed by atoms with Gasteiger partial charge in [-0.15, -0.1) is 0 Å². The largest absolute Gasteiger partial charge is 0.345 e. The monoisotopic (exact) mass is 298 g/mol. The van der Waals surface area contributed by atoms with Crippen molar-refractivity contribution in [3.8, 4) is 11.3 Å². The van der Waals surface area contributed by atoms with Crippen LogP contribution in [-0.4, -0.2) is 28.1 Å². The van der Waals surface area contributed by atoms with Crippen LogP contribution in [0.15, 0.2) is 29.2 Å². The van der Waals surface area contributed by atoms with Gasteiger partial charge < -0.3 is 4.90 Å². The zero-order valence-electron chi connectivity index (χ0n) is 13.6. The normalized spacial score (nSPS) is 14.8. The quantitative estimate of drug-likeness (QED) is 0.811. The van der Waals surface area contributed by atoms with E-state index in [-0.39, 0.29) is 11.0 Å². The van der Waals surface area contributed by atoms with Gasteiger partial charge in [0.1, 0.15) is 0 Å². The van der Waals surface area contributed by atoms with Crippen LogP contribution in [0.5, 0.6) is 0 Å². The predicted molar refractivity (Wildman–Crippen MR) is 88.3 cm³/mol. The second-order valence-corrected chi connectivity index (χ2v) is 6.89. The van der Waals surface area contributed by atoms with Gasteiger partial charge in [-0.25, -0.2) is 4.98 Å². The maximum atomic E-state index is 12.3. The number of aromatic nitrogens is 3. The highest BCUT2D eigenvalue weighted by Crippen LogP contribution is 2.24. The molecule has 0 N–H and O–H groups in total. The fourth-order valence-corrected chi connectivity index (χ4v) is 2.70. The first kappa shape index (κ1) is 14.8. The summed E-state index contributed by atoms with van der Waals surface area (Å²) in [7, 11) is 1.97. The van der Waals surface area contributed by atoms with Crippen molar-refractivity contribution in [3.05, 3.63) is 40.4 Å². The zero-order valence-corrected chi connectivity index (χ0v) is 13.6. The van der Waals surface area contributed by atoms with Crippen molar-refractivity contribution in [2.75, 3.05) is 18.5 Å². The van der Waals surface area contributed by atoms with Crippen LogP contribution in [0.25, 0.3) is 11.3 Å². The Labute approximate surface area is 130 Å². The van der Waals surface area contributed by atoms with Gasteiger partial charge in [-0.2, -0.15) is 0 Å². The minimum absolute atomic E-state index is 0.00597. The van der Waals surface area contributed by atoms with Crippen LogP contribution < -0.4 is 10.5 Å². The van der Waals surface area contributed by atoms with E-state index in [1.165, 1.54) is 0 Å². The number of fused-ring (bicyclic) bond motifs is 1. The molecule has 0 unspecified atom stereocenters. The molecule has 0 radical (unpaired) electrons. The average molecular weight is 298 g/mol. The van der Waals surface area contributed by atoms with E-state index in [1.54, 1.807) is 10.6 Å². The van der Waals surface area contributed by atoms with Crippen molar-refractivity contribution in [2.45, 2.75) is 39.2 Å². The predicted octanol–water partition coefficient (Wildman–Crippen LogP) is 2.44. The van der Waals surface area contributed by atoms with E-state index >= 15 is 0 Å². The van der Waals surface area contributed by atoms with Gasteiger partial charge in [0.15, 0.2) is 0 Å². The molecule has 5 heteroatoms. The van der Waals surface area contributed by atoms with Gasteiger partial charge in [-0.05, 0) is 18.6 Å². The summed E-state index contributed by atoms with van der Waals surface area (Å²) >= 11 is 0. The molecule has 3 rings (SSSR count). The van der Waals surface area contributed by atoms with Crippen LogP contribution in [0.1, 0.15) is 32.9 Å². The Balaban J connectivity index is 2.04. The molecule has 22 heavy (non-hydrogen) atoms. The van der Waals surface area contributed by atoms with Crippen molar-refractivity contribution in [1.82, 2.24) is 14.5 Å². The molecule has 3 heterocycles. The maximum absolute atomic E-state index is 12.3. The van der Waals surface area contributed by atoms with E-state index in [2.05, 4.69) is 30.7 Å². The van der Waals surface area contributed by atoms with Crippen LogP contribution >= 0.6 is 0 Å². The molecule has 1 aliphatic heterocycles. The summed E-state index contributed by atoms with van der Waals surface area (Å²) in [5.41, 5.74) is 2.63. The average Bonchev–Trinajstić information content (AvgIpc) is 2.47. The lowest BCUT2D eigenvalue weighted by atomic mass is 9.91. The van der Waals surface area contributed by atoms with Gasteiger partial charge >= 0.3 is 0 Å². The highest BCUT2D eigenvalue weighted by molar-refractivity contribution is 5.59. The van der Waals surface area contributed by atoms with Crippen molar-refractivity contribution < 1.29 is 0 Å². The number of hydrogen-bond acceptors (Lipinski definition) is 4. The second-order valence-electron chi connectivity index (χ2n) is 6.89. The van der Waals surface area contributed by atoms with Crippen LogP contribution in [0, 0.1) is 0 Å². The maximum Gasteiger partial charge on any atom is 0.255 e. The molecule has 0 aliphatic carbocycles. The molecule has 0 atom stereocenters. The molecule has 2 aromatic rings. The van der Waals surface area contributed by atoms with Crippen LogP contribution in [-0.2, 0) is 12.0 Å². The summed E-state index contributed by atoms with van der Waals surface area (Å²) in [6.45, 7) is 8.07. The summed E-state index contributed by atoms with van der Waals surface area (Å²) in [5.74, 6) is 0.744. The summed E-state index contributed by atoms with van der Waals surface area (Å²) in [6, 6.07) is 5.61. The Morgan fingerprint density at radius 3 is 2.59 bits per heavy atom. The van der Waals surface area contributed by atoms with Crippen LogP contribution in [0.3, 0.4) is 0 Å². The lowest BCUT2D eigenvalue weighted by Crippen LogP contribution is -2.36. The number of pyridine rings is 1. The third kappa shape index (κ3) is 2.63. The van der Waals surface area contributed by atoms with Gasteiger partial charge in [0.05, 0.1) is 5.69 Å². The van der Waals surface area contributed by atoms with E-state index in [9.17, 15) is 4.79 Å². The number of hydrogen-bond donors (Lipinski definition) is 0. The molecule has 5 nitrogen and oxygen atoms in total. The van der Waals surface area contributed by atoms with Gasteiger partial charge in [-0.1, -0.05) is 20.8 Å². The van der Waals surface area contributed by atoms with Gasteiger partial charge in [0.2, 0.25) is 5.95 Å². The molecule has 0 aromatic carbocycles. The lowest BCUT2D eigenvalue weighted by Gasteiger charge is -2.27. The second kappa shape index (κ2) is 5.23. The molecule has 116 valence electrons. The third-order valence-corrected chi connectivity index (χ3v) is 4.03. The molecule has 0 spiro atoms. The molecule has 2 aromatic heterocycles. The topological polar surface area (TPSA) is 51.0 Å². The van der Waals surface area contributed by atoms with E-state index in [0.29, 0.717) is 5.69 Å². The van der Waals surface area contributed by atoms with Gasteiger partial charge in [-0.3, -0.25) is 14.3 Å². The van der Waals surface area contributed by atoms with Gasteiger partial charge in [0, 0.05) is 49.1 Å². The lowest BCUT2D eigenvalue weighted by molar-refractivity contribution is 0.553. The van der Waals surface area contributed by atoms with E-state index < -0.39 is 0 Å². The molecule has 0 saturated heterocycles. The smallest absolute Gasteiger partial charge is 0.255 e. The summed E-state index contributed by atoms with van der Waals surface area (Å²) in [4.78, 5) is 23.5. The van der Waals surface area contributed by atoms with Crippen molar-refractivity contribution in [2.24, 2.45) is 0 Å². The summed E-state index contributed by atoms with van der Waals surface area (Å²) in [5, 5.41) is 0. The van der Waals surface area contributed by atoms with E-state index in [0.717, 1.165) is 36.7 Å². The Bertz CT molecular complexity index is 741. The summed E-state index contributed by atoms with van der Waals surface area (Å²) < 4.78 is 1.74. The van der Waals surface area contributed by atoms with Crippen molar-refractivity contribution >= 4 is 5.95 Å². The van der Waals surface area contributed by atoms with E-state index in [1.807, 2.05) is 30.3 Å². The van der Waals surface area contributed by atoms with E-state index in [4.69, 9.17) is 0 Å². The number of anilines is 1. The first-order chi connectivity index (χ1) is 10.4. The fourth-order valence-electron chi connectivity index (χ4n) is 2.70. The third-order valence-electron chi connectivity index (χ3n) is 4.03. The minimum atomic E-state index is 0.00597. The van der Waals surface area contributed by atoms with Crippen LogP contribution in [0.4, 0.5) is 5.95 Å². The van der Waals surface area contributed by atoms with Crippen molar-refractivity contribution in [3.63, 3.8) is 0 Å². The first-order valence-electron chi connectivity index (χ1n) is 7.66. The first-order valence-corrected chi connectivity index (χ1v) is 7.66. The molecule has 0 bridgehead atoms. The molecule has 0 fully saturated rings. The molecule has 1 aliphatic rings. The Morgan fingerprint density at radius 2 is 1.95 bits per heavy atom. The standard InChI is InChI=1S/C17H22N4O/c1-17(2,3)14-7-6-12(11-18-14)13-10-15(22)21-9-5-8-20(4)16(21)19-13/h6-7,10-11H,5,8-9H2,1-4H3. The number of rotatable bonds is 1. The van der Waals surface area contributed by atoms with Gasteiger partial charge in [0.25, 0.3) is 5.56 Å². The van der Waals surface area contributed by atoms with Crippen LogP contribution in [0.2, 0.25) is 0 Å². The summed E-state index contributed by atoms with van der Waals surface area (Å²) in [6.07, 6.45) is 2.79. The Morgan fingerprint density at radius 1 is 1.18 bits per heavy atom. The minimum Gasteiger partial charge on any atom is -0.345 e. The number of nitrogens with zero attached hydrogens (tertiary/aromatic N) is 4. The molecule has 0 saturated carbocycles.